The molecule has 30 heavy (non-hydrogen) atoms. The third kappa shape index (κ3) is 4.18. The molecule has 1 aliphatic heterocycles. The molecule has 1 fully saturated rings. The number of carbonyl (C=O) groups excluding carboxylic acids is 1. The highest BCUT2D eigenvalue weighted by atomic mass is 19.1. The average Bonchev–Trinajstić information content (AvgIpc) is 2.79. The van der Waals surface area contributed by atoms with Gasteiger partial charge < -0.3 is 19.9 Å². The summed E-state index contributed by atoms with van der Waals surface area (Å²) in [5.41, 5.74) is 1.32. The minimum atomic E-state index is -0.261. The summed E-state index contributed by atoms with van der Waals surface area (Å²) in [7, 11) is 1.59. The summed E-state index contributed by atoms with van der Waals surface area (Å²) in [6, 6.07) is 14.3. The molecule has 1 aliphatic rings. The first-order valence-electron chi connectivity index (χ1n) is 9.95. The molecule has 0 radical (unpaired) electrons. The topological polar surface area (TPSA) is 70.6 Å². The third-order valence-corrected chi connectivity index (χ3v) is 5.25. The van der Waals surface area contributed by atoms with Crippen LogP contribution in [0.3, 0.4) is 0 Å². The van der Waals surface area contributed by atoms with Gasteiger partial charge in [0.2, 0.25) is 0 Å². The van der Waals surface area contributed by atoms with Gasteiger partial charge in [0.1, 0.15) is 5.82 Å². The Morgan fingerprint density at radius 1 is 1.00 bits per heavy atom. The number of halogens is 1. The Labute approximate surface area is 174 Å². The Bertz CT molecular complexity index is 1020. The molecule has 2 aromatic carbocycles. The van der Waals surface area contributed by atoms with Crippen molar-refractivity contribution in [2.24, 2.45) is 0 Å². The fourth-order valence-corrected chi connectivity index (χ4v) is 3.67. The Kier molecular flexibility index (Phi) is 6.04. The summed E-state index contributed by atoms with van der Waals surface area (Å²) in [5.74, 6) is 0.284. The Hall–Kier alpha value is -3.26. The Morgan fingerprint density at radius 2 is 1.67 bits per heavy atom. The Balaban J connectivity index is 1.53. The number of aromatic nitrogens is 2. The molecule has 0 spiro atoms. The van der Waals surface area contributed by atoms with E-state index in [1.54, 1.807) is 19.2 Å². The van der Waals surface area contributed by atoms with Crippen molar-refractivity contribution in [2.75, 3.05) is 56.2 Å². The second kappa shape index (κ2) is 9.04. The summed E-state index contributed by atoms with van der Waals surface area (Å²) in [6.45, 7) is 3.96. The minimum Gasteiger partial charge on any atom is -0.383 e. The van der Waals surface area contributed by atoms with E-state index in [1.807, 2.05) is 24.3 Å². The van der Waals surface area contributed by atoms with Gasteiger partial charge in [-0.15, -0.1) is 10.2 Å². The SMILES string of the molecule is COCCNC(=O)c1nnc(N2CCN(c3ccc(F)cc3)CC2)c2ccccc12. The predicted octanol–water partition coefficient (Wildman–Crippen LogP) is 2.47. The van der Waals surface area contributed by atoms with Crippen molar-refractivity contribution >= 4 is 28.2 Å². The highest BCUT2D eigenvalue weighted by Gasteiger charge is 2.22. The van der Waals surface area contributed by atoms with E-state index in [4.69, 9.17) is 4.74 Å². The number of carbonyl (C=O) groups is 1. The van der Waals surface area contributed by atoms with Crippen molar-refractivity contribution in [3.05, 3.63) is 60.0 Å². The van der Waals surface area contributed by atoms with E-state index in [-0.39, 0.29) is 11.7 Å². The summed E-state index contributed by atoms with van der Waals surface area (Å²) in [5, 5.41) is 13.1. The molecule has 0 unspecified atom stereocenters. The second-order valence-electron chi connectivity index (χ2n) is 7.12. The molecule has 1 N–H and O–H groups in total. The number of nitrogens with zero attached hydrogens (tertiary/aromatic N) is 4. The second-order valence-corrected chi connectivity index (χ2v) is 7.12. The number of fused-ring (bicyclic) bond motifs is 1. The first-order valence-corrected chi connectivity index (χ1v) is 9.95. The van der Waals surface area contributed by atoms with Crippen LogP contribution in [0.1, 0.15) is 10.5 Å². The first-order chi connectivity index (χ1) is 14.7. The standard InChI is InChI=1S/C22H24FN5O2/c1-30-15-10-24-22(29)20-18-4-2-3-5-19(18)21(26-25-20)28-13-11-27(12-14-28)17-8-6-16(23)7-9-17/h2-9H,10-15H2,1H3,(H,24,29). The monoisotopic (exact) mass is 409 g/mol. The van der Waals surface area contributed by atoms with Crippen LogP contribution in [0.4, 0.5) is 15.9 Å². The van der Waals surface area contributed by atoms with Gasteiger partial charge in [-0.3, -0.25) is 4.79 Å². The van der Waals surface area contributed by atoms with Gasteiger partial charge in [-0.2, -0.15) is 0 Å². The number of benzene rings is 2. The maximum Gasteiger partial charge on any atom is 0.272 e. The van der Waals surface area contributed by atoms with E-state index >= 15 is 0 Å². The summed E-state index contributed by atoms with van der Waals surface area (Å²) < 4.78 is 18.2. The number of rotatable bonds is 6. The molecule has 2 heterocycles. The van der Waals surface area contributed by atoms with Gasteiger partial charge in [0, 0.05) is 56.3 Å². The first kappa shape index (κ1) is 20.0. The minimum absolute atomic E-state index is 0.231. The number of anilines is 2. The van der Waals surface area contributed by atoms with Crippen molar-refractivity contribution in [2.45, 2.75) is 0 Å². The zero-order valence-corrected chi connectivity index (χ0v) is 16.8. The molecule has 0 atom stereocenters. The van der Waals surface area contributed by atoms with Gasteiger partial charge in [-0.05, 0) is 24.3 Å². The molecular weight excluding hydrogens is 385 g/mol. The van der Waals surface area contributed by atoms with Crippen LogP contribution in [0.2, 0.25) is 0 Å². The van der Waals surface area contributed by atoms with Gasteiger partial charge in [0.15, 0.2) is 11.5 Å². The van der Waals surface area contributed by atoms with Gasteiger partial charge in [-0.25, -0.2) is 4.39 Å². The molecule has 8 heteroatoms. The average molecular weight is 409 g/mol. The molecule has 1 aromatic heterocycles. The molecule has 1 saturated heterocycles. The highest BCUT2D eigenvalue weighted by Crippen LogP contribution is 2.27. The van der Waals surface area contributed by atoms with Crippen LogP contribution >= 0.6 is 0 Å². The normalized spacial score (nSPS) is 14.2. The van der Waals surface area contributed by atoms with Crippen LogP contribution in [-0.4, -0.2) is 62.5 Å². The molecular formula is C22H24FN5O2. The number of hydrogen-bond donors (Lipinski definition) is 1. The summed E-state index contributed by atoms with van der Waals surface area (Å²) in [4.78, 5) is 16.9. The van der Waals surface area contributed by atoms with Gasteiger partial charge in [0.25, 0.3) is 5.91 Å². The molecule has 0 aliphatic carbocycles. The maximum atomic E-state index is 13.2. The van der Waals surface area contributed by atoms with Crippen molar-refractivity contribution in [1.82, 2.24) is 15.5 Å². The summed E-state index contributed by atoms with van der Waals surface area (Å²) in [6.07, 6.45) is 0. The Morgan fingerprint density at radius 3 is 2.37 bits per heavy atom. The highest BCUT2D eigenvalue weighted by molar-refractivity contribution is 6.07. The van der Waals surface area contributed by atoms with Crippen LogP contribution in [0, 0.1) is 5.82 Å². The van der Waals surface area contributed by atoms with Crippen molar-refractivity contribution in [1.29, 1.82) is 0 Å². The predicted molar refractivity (Wildman–Crippen MR) is 115 cm³/mol. The molecule has 1 amide bonds. The molecule has 156 valence electrons. The molecule has 3 aromatic rings. The van der Waals surface area contributed by atoms with E-state index in [1.165, 1.54) is 12.1 Å². The lowest BCUT2D eigenvalue weighted by Crippen LogP contribution is -2.47. The number of hydrogen-bond acceptors (Lipinski definition) is 6. The molecule has 4 rings (SSSR count). The van der Waals surface area contributed by atoms with E-state index in [2.05, 4.69) is 25.3 Å². The van der Waals surface area contributed by atoms with Crippen LogP contribution in [-0.2, 0) is 4.74 Å². The fourth-order valence-electron chi connectivity index (χ4n) is 3.67. The van der Waals surface area contributed by atoms with E-state index < -0.39 is 0 Å². The van der Waals surface area contributed by atoms with Crippen LogP contribution < -0.4 is 15.1 Å². The lowest BCUT2D eigenvalue weighted by atomic mass is 10.1. The fraction of sp³-hybridized carbons (Fsp3) is 0.318. The lowest BCUT2D eigenvalue weighted by Gasteiger charge is -2.37. The van der Waals surface area contributed by atoms with Crippen molar-refractivity contribution in [3.8, 4) is 0 Å². The van der Waals surface area contributed by atoms with Gasteiger partial charge in [0.05, 0.1) is 6.61 Å². The van der Waals surface area contributed by atoms with E-state index in [0.29, 0.717) is 18.8 Å². The van der Waals surface area contributed by atoms with Gasteiger partial charge in [-0.1, -0.05) is 24.3 Å². The van der Waals surface area contributed by atoms with Crippen molar-refractivity contribution < 1.29 is 13.9 Å². The zero-order valence-electron chi connectivity index (χ0n) is 16.8. The van der Waals surface area contributed by atoms with E-state index in [9.17, 15) is 9.18 Å². The van der Waals surface area contributed by atoms with E-state index in [0.717, 1.165) is 48.5 Å². The largest absolute Gasteiger partial charge is 0.383 e. The third-order valence-electron chi connectivity index (χ3n) is 5.25. The molecule has 7 nitrogen and oxygen atoms in total. The van der Waals surface area contributed by atoms with Crippen LogP contribution in [0.15, 0.2) is 48.5 Å². The smallest absolute Gasteiger partial charge is 0.272 e. The van der Waals surface area contributed by atoms with Crippen molar-refractivity contribution in [3.63, 3.8) is 0 Å². The van der Waals surface area contributed by atoms with Crippen LogP contribution in [0.5, 0.6) is 0 Å². The van der Waals surface area contributed by atoms with Gasteiger partial charge >= 0.3 is 0 Å². The number of amides is 1. The summed E-state index contributed by atoms with van der Waals surface area (Å²) >= 11 is 0. The lowest BCUT2D eigenvalue weighted by molar-refractivity contribution is 0.0933. The maximum absolute atomic E-state index is 13.2. The molecule has 0 saturated carbocycles. The zero-order chi connectivity index (χ0) is 20.9. The number of piperazine rings is 1. The molecule has 0 bridgehead atoms. The van der Waals surface area contributed by atoms with Crippen LogP contribution in [0.25, 0.3) is 10.8 Å². The number of nitrogens with one attached hydrogen (secondary N) is 1. The quantitative estimate of drug-likeness (QED) is 0.631. The number of methoxy groups -OCH3 is 1. The number of ether oxygens (including phenoxy) is 1.